The number of rotatable bonds is 1. The molecule has 17 heavy (non-hydrogen) atoms. The molecule has 6 heteroatoms. The van der Waals surface area contributed by atoms with Gasteiger partial charge >= 0.3 is 6.09 Å². The van der Waals surface area contributed by atoms with Gasteiger partial charge in [-0.1, -0.05) is 0 Å². The smallest absolute Gasteiger partial charge is 0.410 e. The Morgan fingerprint density at radius 1 is 1.41 bits per heavy atom. The molecular formula is C11H18NO5-. The second-order valence-corrected chi connectivity index (χ2v) is 5.19. The lowest BCUT2D eigenvalue weighted by Gasteiger charge is -2.38. The predicted octanol–water partition coefficient (Wildman–Crippen LogP) is -0.503. The fourth-order valence-corrected chi connectivity index (χ4v) is 1.71. The van der Waals surface area contributed by atoms with E-state index in [1.165, 1.54) is 0 Å². The molecule has 1 heterocycles. The minimum atomic E-state index is -1.37. The van der Waals surface area contributed by atoms with Crippen molar-refractivity contribution in [2.45, 2.75) is 51.4 Å². The van der Waals surface area contributed by atoms with Crippen LogP contribution in [0.3, 0.4) is 0 Å². The number of aliphatic hydroxyl groups excluding tert-OH is 1. The SMILES string of the molecule is CC(C)(C)OC(=O)N1CC[C@H](O)C[C@H]1C(=O)[O-]. The number of carboxylic acid groups (broad SMARTS) is 1. The first-order valence-corrected chi connectivity index (χ1v) is 5.59. The van der Waals surface area contributed by atoms with Gasteiger partial charge in [0.25, 0.3) is 0 Å². The highest BCUT2D eigenvalue weighted by molar-refractivity contribution is 5.79. The van der Waals surface area contributed by atoms with Crippen molar-refractivity contribution in [3.05, 3.63) is 0 Å². The summed E-state index contributed by atoms with van der Waals surface area (Å²) in [5.74, 6) is -1.37. The number of ether oxygens (including phenoxy) is 1. The fourth-order valence-electron chi connectivity index (χ4n) is 1.71. The number of carbonyl (C=O) groups is 2. The van der Waals surface area contributed by atoms with Crippen LogP contribution in [0, 0.1) is 0 Å². The van der Waals surface area contributed by atoms with Crippen molar-refractivity contribution in [3.63, 3.8) is 0 Å². The molecule has 0 aromatic rings. The Balaban J connectivity index is 2.73. The largest absolute Gasteiger partial charge is 0.548 e. The van der Waals surface area contributed by atoms with E-state index >= 15 is 0 Å². The Morgan fingerprint density at radius 3 is 2.47 bits per heavy atom. The first-order valence-electron chi connectivity index (χ1n) is 5.59. The minimum Gasteiger partial charge on any atom is -0.548 e. The van der Waals surface area contributed by atoms with Gasteiger partial charge in [-0.15, -0.1) is 0 Å². The van der Waals surface area contributed by atoms with E-state index in [0.29, 0.717) is 6.42 Å². The van der Waals surface area contributed by atoms with Crippen LogP contribution in [0.1, 0.15) is 33.6 Å². The summed E-state index contributed by atoms with van der Waals surface area (Å²) in [6.45, 7) is 5.28. The lowest BCUT2D eigenvalue weighted by Crippen LogP contribution is -2.56. The van der Waals surface area contributed by atoms with Crippen molar-refractivity contribution in [2.24, 2.45) is 0 Å². The fraction of sp³-hybridized carbons (Fsp3) is 0.818. The highest BCUT2D eigenvalue weighted by atomic mass is 16.6. The topological polar surface area (TPSA) is 89.9 Å². The monoisotopic (exact) mass is 244 g/mol. The molecule has 6 nitrogen and oxygen atoms in total. The average molecular weight is 244 g/mol. The van der Waals surface area contributed by atoms with Crippen LogP contribution in [0.25, 0.3) is 0 Å². The molecule has 0 radical (unpaired) electrons. The molecular weight excluding hydrogens is 226 g/mol. The maximum Gasteiger partial charge on any atom is 0.410 e. The third-order valence-corrected chi connectivity index (χ3v) is 2.47. The van der Waals surface area contributed by atoms with E-state index in [2.05, 4.69) is 0 Å². The number of hydrogen-bond acceptors (Lipinski definition) is 5. The van der Waals surface area contributed by atoms with Gasteiger partial charge in [-0.3, -0.25) is 4.90 Å². The van der Waals surface area contributed by atoms with Gasteiger partial charge in [-0.05, 0) is 33.6 Å². The third-order valence-electron chi connectivity index (χ3n) is 2.47. The van der Waals surface area contributed by atoms with Crippen LogP contribution in [0.4, 0.5) is 4.79 Å². The van der Waals surface area contributed by atoms with Crippen LogP contribution < -0.4 is 5.11 Å². The summed E-state index contributed by atoms with van der Waals surface area (Å²) >= 11 is 0. The van der Waals surface area contributed by atoms with Gasteiger partial charge < -0.3 is 19.7 Å². The highest BCUT2D eigenvalue weighted by Crippen LogP contribution is 2.20. The van der Waals surface area contributed by atoms with E-state index < -0.39 is 29.8 Å². The summed E-state index contributed by atoms with van der Waals surface area (Å²) in [5, 5.41) is 20.3. The molecule has 0 aromatic heterocycles. The summed E-state index contributed by atoms with van der Waals surface area (Å²) in [7, 11) is 0. The summed E-state index contributed by atoms with van der Waals surface area (Å²) in [4.78, 5) is 23.8. The maximum atomic E-state index is 11.8. The lowest BCUT2D eigenvalue weighted by molar-refractivity contribution is -0.312. The number of carbonyl (C=O) groups excluding carboxylic acids is 2. The minimum absolute atomic E-state index is 0.0123. The number of nitrogens with zero attached hydrogens (tertiary/aromatic N) is 1. The lowest BCUT2D eigenvalue weighted by atomic mass is 10.0. The average Bonchev–Trinajstić information content (AvgIpc) is 2.14. The normalized spacial score (nSPS) is 25.5. The van der Waals surface area contributed by atoms with Crippen LogP contribution >= 0.6 is 0 Å². The van der Waals surface area contributed by atoms with Gasteiger partial charge in [0, 0.05) is 6.54 Å². The first kappa shape index (κ1) is 13.8. The number of piperidine rings is 1. The molecule has 1 rings (SSSR count). The molecule has 1 amide bonds. The summed E-state index contributed by atoms with van der Waals surface area (Å²) < 4.78 is 5.11. The molecule has 2 atom stereocenters. The summed E-state index contributed by atoms with van der Waals surface area (Å²) in [6, 6.07) is -1.12. The molecule has 0 spiro atoms. The second-order valence-electron chi connectivity index (χ2n) is 5.19. The molecule has 0 saturated carbocycles. The maximum absolute atomic E-state index is 11.8. The highest BCUT2D eigenvalue weighted by Gasteiger charge is 2.34. The molecule has 1 N–H and O–H groups in total. The van der Waals surface area contributed by atoms with Crippen molar-refractivity contribution >= 4 is 12.1 Å². The standard InChI is InChI=1S/C11H19NO5/c1-11(2,3)17-10(16)12-5-4-7(13)6-8(12)9(14)15/h7-8,13H,4-6H2,1-3H3,(H,14,15)/p-1/t7-,8-/m0/s1. The number of amides is 1. The molecule has 1 saturated heterocycles. The Kier molecular flexibility index (Phi) is 3.98. The Bertz CT molecular complexity index is 309. The first-order chi connectivity index (χ1) is 7.70. The summed E-state index contributed by atoms with van der Waals surface area (Å²) in [5.41, 5.74) is -0.677. The quantitative estimate of drug-likeness (QED) is 0.671. The molecule has 1 aliphatic rings. The van der Waals surface area contributed by atoms with Crippen LogP contribution in [0.2, 0.25) is 0 Å². The van der Waals surface area contributed by atoms with Gasteiger partial charge in [-0.25, -0.2) is 4.79 Å². The zero-order valence-electron chi connectivity index (χ0n) is 10.3. The van der Waals surface area contributed by atoms with Gasteiger partial charge in [-0.2, -0.15) is 0 Å². The number of likely N-dealkylation sites (tertiary alicyclic amines) is 1. The Hall–Kier alpha value is -1.30. The molecule has 0 unspecified atom stereocenters. The molecule has 0 bridgehead atoms. The number of hydrogen-bond donors (Lipinski definition) is 1. The molecule has 1 fully saturated rings. The number of aliphatic hydroxyl groups is 1. The number of carboxylic acids is 1. The van der Waals surface area contributed by atoms with E-state index in [9.17, 15) is 19.8 Å². The van der Waals surface area contributed by atoms with Crippen LogP contribution in [0.5, 0.6) is 0 Å². The van der Waals surface area contributed by atoms with E-state index in [1.807, 2.05) is 0 Å². The van der Waals surface area contributed by atoms with E-state index in [1.54, 1.807) is 20.8 Å². The van der Waals surface area contributed by atoms with E-state index in [0.717, 1.165) is 4.90 Å². The van der Waals surface area contributed by atoms with Gasteiger partial charge in [0.1, 0.15) is 5.60 Å². The zero-order valence-corrected chi connectivity index (χ0v) is 10.3. The molecule has 0 aliphatic carbocycles. The Labute approximate surface area is 100 Å². The predicted molar refractivity (Wildman–Crippen MR) is 57.0 cm³/mol. The van der Waals surface area contributed by atoms with E-state index in [4.69, 9.17) is 4.74 Å². The summed E-state index contributed by atoms with van der Waals surface area (Å²) in [6.07, 6.45) is -1.06. The zero-order chi connectivity index (χ0) is 13.2. The van der Waals surface area contributed by atoms with Gasteiger partial charge in [0.15, 0.2) is 0 Å². The Morgan fingerprint density at radius 2 is 2.00 bits per heavy atom. The van der Waals surface area contributed by atoms with Crippen LogP contribution in [-0.4, -0.2) is 46.4 Å². The number of aliphatic carboxylic acids is 1. The van der Waals surface area contributed by atoms with Crippen LogP contribution in [0.15, 0.2) is 0 Å². The van der Waals surface area contributed by atoms with Crippen molar-refractivity contribution < 1.29 is 24.5 Å². The molecule has 1 aliphatic heterocycles. The van der Waals surface area contributed by atoms with Crippen LogP contribution in [-0.2, 0) is 9.53 Å². The van der Waals surface area contributed by atoms with E-state index in [-0.39, 0.29) is 13.0 Å². The molecule has 98 valence electrons. The second kappa shape index (κ2) is 4.91. The van der Waals surface area contributed by atoms with Gasteiger partial charge in [0.2, 0.25) is 0 Å². The van der Waals surface area contributed by atoms with Gasteiger partial charge in [0.05, 0.1) is 18.1 Å². The molecule has 0 aromatic carbocycles. The third kappa shape index (κ3) is 3.89. The van der Waals surface area contributed by atoms with Crippen molar-refractivity contribution in [1.82, 2.24) is 4.90 Å². The van der Waals surface area contributed by atoms with Crippen molar-refractivity contribution in [1.29, 1.82) is 0 Å². The van der Waals surface area contributed by atoms with Crippen molar-refractivity contribution in [2.75, 3.05) is 6.54 Å². The van der Waals surface area contributed by atoms with Crippen molar-refractivity contribution in [3.8, 4) is 0 Å².